The van der Waals surface area contributed by atoms with Gasteiger partial charge >= 0.3 is 6.09 Å². The van der Waals surface area contributed by atoms with Crippen molar-refractivity contribution in [1.82, 2.24) is 35.1 Å². The third-order valence-electron chi connectivity index (χ3n) is 9.18. The largest absolute Gasteiger partial charge is 0.444 e. The summed E-state index contributed by atoms with van der Waals surface area (Å²) in [5.74, 6) is -2.40. The number of alkyl halides is 2. The highest BCUT2D eigenvalue weighted by Gasteiger charge is 2.60. The first-order valence-electron chi connectivity index (χ1n) is 15.6. The first kappa shape index (κ1) is 29.6. The van der Waals surface area contributed by atoms with Crippen molar-refractivity contribution < 1.29 is 23.0 Å². The Morgan fingerprint density at radius 3 is 2.64 bits per heavy atom. The van der Waals surface area contributed by atoms with E-state index in [-0.39, 0.29) is 25.1 Å². The number of rotatable bonds is 5. The van der Waals surface area contributed by atoms with E-state index in [4.69, 9.17) is 9.47 Å². The molecule has 1 amide bonds. The predicted molar refractivity (Wildman–Crippen MR) is 164 cm³/mol. The highest BCUT2D eigenvalue weighted by atomic mass is 19.3. The minimum Gasteiger partial charge on any atom is -0.444 e. The van der Waals surface area contributed by atoms with E-state index in [9.17, 15) is 4.79 Å². The number of nitrogens with one attached hydrogen (secondary N) is 1. The fraction of sp³-hybridized carbons (Fsp3) is 0.531. The minimum absolute atomic E-state index is 0.0392. The van der Waals surface area contributed by atoms with Crippen molar-refractivity contribution in [3.8, 4) is 22.4 Å². The summed E-state index contributed by atoms with van der Waals surface area (Å²) in [6, 6.07) is 5.70. The Bertz CT molecular complexity index is 1690. The maximum atomic E-state index is 15.0. The maximum Gasteiger partial charge on any atom is 0.411 e. The van der Waals surface area contributed by atoms with Gasteiger partial charge in [-0.05, 0) is 76.6 Å². The van der Waals surface area contributed by atoms with Gasteiger partial charge in [0.25, 0.3) is 5.92 Å². The maximum absolute atomic E-state index is 15.0. The Labute approximate surface area is 259 Å². The highest BCUT2D eigenvalue weighted by molar-refractivity contribution is 6.01. The van der Waals surface area contributed by atoms with Crippen LogP contribution in [0.2, 0.25) is 0 Å². The summed E-state index contributed by atoms with van der Waals surface area (Å²) in [5.41, 5.74) is 3.55. The average molecular weight is 621 g/mol. The van der Waals surface area contributed by atoms with Gasteiger partial charge in [-0.1, -0.05) is 6.07 Å². The Morgan fingerprint density at radius 1 is 1.11 bits per heavy atom. The van der Waals surface area contributed by atoms with Crippen molar-refractivity contribution in [2.24, 2.45) is 0 Å². The molecular formula is C32H38F2N8O3. The standard InChI is InChI=1S/C32H38F2N8O3/c1-31(2,3)45-30(43)42-21-13-20(14-26(42)32(33,34)15-21)40(4)27-11-10-25(37-38-27)23-9-8-22(24-17-35-39-29(23)24)19-16-36-41(18-19)28-7-5-6-12-44-28/h8-11,16-18,20-21,26,28H,5-7,12-15H2,1-4H3,(H,35,39). The number of H-pyrrole nitrogens is 1. The van der Waals surface area contributed by atoms with Crippen LogP contribution in [0.1, 0.15) is 65.5 Å². The summed E-state index contributed by atoms with van der Waals surface area (Å²) in [5, 5.41) is 21.9. The van der Waals surface area contributed by atoms with Crippen LogP contribution in [0.5, 0.6) is 0 Å². The second-order valence-corrected chi connectivity index (χ2v) is 13.4. The minimum atomic E-state index is -2.98. The van der Waals surface area contributed by atoms with E-state index in [1.807, 2.05) is 53.3 Å². The monoisotopic (exact) mass is 620 g/mol. The summed E-state index contributed by atoms with van der Waals surface area (Å²) in [7, 11) is 1.84. The van der Waals surface area contributed by atoms with E-state index >= 15 is 8.78 Å². The van der Waals surface area contributed by atoms with E-state index in [0.717, 1.165) is 53.5 Å². The Morgan fingerprint density at radius 2 is 1.93 bits per heavy atom. The van der Waals surface area contributed by atoms with Crippen molar-refractivity contribution in [3.63, 3.8) is 0 Å². The fourth-order valence-electron chi connectivity index (χ4n) is 6.98. The number of fused-ring (bicyclic) bond motifs is 3. The first-order valence-corrected chi connectivity index (χ1v) is 15.6. The molecule has 4 aromatic rings. The molecule has 3 fully saturated rings. The Balaban J connectivity index is 1.09. The smallest absolute Gasteiger partial charge is 0.411 e. The molecule has 4 unspecified atom stereocenters. The molecule has 11 nitrogen and oxygen atoms in total. The van der Waals surface area contributed by atoms with Gasteiger partial charge in [0.05, 0.1) is 23.6 Å². The summed E-state index contributed by atoms with van der Waals surface area (Å²) in [6.07, 6.45) is 8.25. The number of anilines is 1. The first-order chi connectivity index (χ1) is 21.5. The zero-order valence-electron chi connectivity index (χ0n) is 25.9. The zero-order chi connectivity index (χ0) is 31.5. The van der Waals surface area contributed by atoms with Crippen LogP contribution in [-0.2, 0) is 9.47 Å². The number of aromatic amines is 1. The lowest BCUT2D eigenvalue weighted by Crippen LogP contribution is -2.55. The summed E-state index contributed by atoms with van der Waals surface area (Å²) >= 11 is 0. The molecule has 45 heavy (non-hydrogen) atoms. The van der Waals surface area contributed by atoms with Gasteiger partial charge in [-0.25, -0.2) is 18.3 Å². The van der Waals surface area contributed by atoms with E-state index in [1.165, 1.54) is 4.90 Å². The van der Waals surface area contributed by atoms with Gasteiger partial charge in [-0.15, -0.1) is 10.2 Å². The molecule has 3 aliphatic heterocycles. The number of benzene rings is 1. The van der Waals surface area contributed by atoms with Crippen molar-refractivity contribution in [1.29, 1.82) is 0 Å². The lowest BCUT2D eigenvalue weighted by Gasteiger charge is -2.42. The molecule has 6 heterocycles. The number of aromatic nitrogens is 6. The molecule has 1 aromatic carbocycles. The number of carbonyl (C=O) groups excluding carboxylic acids is 1. The number of hydrogen-bond acceptors (Lipinski definition) is 8. The average Bonchev–Trinajstić information content (AvgIpc) is 3.73. The van der Waals surface area contributed by atoms with Gasteiger partial charge in [-0.3, -0.25) is 10.00 Å². The van der Waals surface area contributed by atoms with Crippen molar-refractivity contribution >= 4 is 22.8 Å². The van der Waals surface area contributed by atoms with Crippen LogP contribution in [-0.4, -0.2) is 84.5 Å². The second kappa shape index (κ2) is 11.0. The fourth-order valence-corrected chi connectivity index (χ4v) is 6.98. The van der Waals surface area contributed by atoms with Crippen LogP contribution in [0.15, 0.2) is 42.9 Å². The van der Waals surface area contributed by atoms with Crippen molar-refractivity contribution in [3.05, 3.63) is 42.9 Å². The van der Waals surface area contributed by atoms with Crippen molar-refractivity contribution in [2.45, 2.75) is 95.2 Å². The number of nitrogens with zero attached hydrogens (tertiary/aromatic N) is 7. The summed E-state index contributed by atoms with van der Waals surface area (Å²) in [4.78, 5) is 16.0. The Kier molecular flexibility index (Phi) is 7.25. The molecule has 3 aliphatic rings. The van der Waals surface area contributed by atoms with Crippen LogP contribution in [0.4, 0.5) is 19.4 Å². The molecule has 13 heteroatoms. The lowest BCUT2D eigenvalue weighted by molar-refractivity contribution is -0.0492. The molecule has 3 saturated heterocycles. The predicted octanol–water partition coefficient (Wildman–Crippen LogP) is 6.19. The normalized spacial score (nSPS) is 24.6. The van der Waals surface area contributed by atoms with Crippen LogP contribution in [0.3, 0.4) is 0 Å². The topological polar surface area (TPSA) is 114 Å². The third kappa shape index (κ3) is 5.51. The molecule has 1 N–H and O–H groups in total. The second-order valence-electron chi connectivity index (χ2n) is 13.4. The molecule has 2 bridgehead atoms. The van der Waals surface area contributed by atoms with E-state index in [0.29, 0.717) is 17.9 Å². The third-order valence-corrected chi connectivity index (χ3v) is 9.18. The molecule has 0 spiro atoms. The van der Waals surface area contributed by atoms with E-state index in [1.54, 1.807) is 27.0 Å². The molecule has 3 aromatic heterocycles. The molecule has 0 saturated carbocycles. The lowest BCUT2D eigenvalue weighted by atomic mass is 9.96. The van der Waals surface area contributed by atoms with Crippen LogP contribution >= 0.6 is 0 Å². The molecule has 0 aliphatic carbocycles. The SMILES string of the molecule is CN(c1ccc(-c2ccc(-c3cnn(C4CCCCO4)c3)c3cn[nH]c23)nn1)C1CC2CC(F)(F)C(C1)N2C(=O)OC(C)(C)C. The highest BCUT2D eigenvalue weighted by Crippen LogP contribution is 2.47. The number of amides is 1. The van der Waals surface area contributed by atoms with Gasteiger partial charge in [0.2, 0.25) is 0 Å². The molecule has 238 valence electrons. The number of piperidine rings is 1. The van der Waals surface area contributed by atoms with Gasteiger partial charge < -0.3 is 14.4 Å². The zero-order valence-corrected chi connectivity index (χ0v) is 25.9. The van der Waals surface area contributed by atoms with Gasteiger partial charge in [0.15, 0.2) is 5.82 Å². The number of carbonyl (C=O) groups is 1. The quantitative estimate of drug-likeness (QED) is 0.281. The van der Waals surface area contributed by atoms with Crippen LogP contribution in [0.25, 0.3) is 33.3 Å². The summed E-state index contributed by atoms with van der Waals surface area (Å²) in [6.45, 7) is 5.97. The molecule has 7 rings (SSSR count). The summed E-state index contributed by atoms with van der Waals surface area (Å²) < 4.78 is 43.3. The van der Waals surface area contributed by atoms with Gasteiger partial charge in [-0.2, -0.15) is 10.2 Å². The molecule has 4 atom stereocenters. The molecular weight excluding hydrogens is 582 g/mol. The van der Waals surface area contributed by atoms with E-state index in [2.05, 4.69) is 25.5 Å². The van der Waals surface area contributed by atoms with E-state index < -0.39 is 29.7 Å². The van der Waals surface area contributed by atoms with Crippen LogP contribution < -0.4 is 4.90 Å². The van der Waals surface area contributed by atoms with Crippen LogP contribution in [0, 0.1) is 0 Å². The molecule has 0 radical (unpaired) electrons. The van der Waals surface area contributed by atoms with Crippen molar-refractivity contribution in [2.75, 3.05) is 18.6 Å². The van der Waals surface area contributed by atoms with Gasteiger partial charge in [0.1, 0.15) is 17.9 Å². The number of halogens is 2. The van der Waals surface area contributed by atoms with Gasteiger partial charge in [0, 0.05) is 54.9 Å². The Hall–Kier alpha value is -4.13. The number of hydrogen-bond donors (Lipinski definition) is 1. The number of ether oxygens (including phenoxy) is 2.